The van der Waals surface area contributed by atoms with Gasteiger partial charge in [0.1, 0.15) is 17.2 Å². The van der Waals surface area contributed by atoms with Gasteiger partial charge >= 0.3 is 17.9 Å². The molecule has 0 bridgehead atoms. The summed E-state index contributed by atoms with van der Waals surface area (Å²) in [4.78, 5) is 49.1. The molecule has 0 radical (unpaired) electrons. The molecule has 3 N–H and O–H groups in total. The molecule has 0 rings (SSSR count). The monoisotopic (exact) mass is 488 g/mol. The number of rotatable bonds is 12. The highest BCUT2D eigenvalue weighted by atomic mass is 28.3. The van der Waals surface area contributed by atoms with E-state index >= 15 is 0 Å². The van der Waals surface area contributed by atoms with Crippen LogP contribution in [0.4, 0.5) is 0 Å². The Labute approximate surface area is 199 Å². The summed E-state index contributed by atoms with van der Waals surface area (Å²) in [5, 5.41) is 2.56. The van der Waals surface area contributed by atoms with E-state index in [9.17, 15) is 19.2 Å². The van der Waals surface area contributed by atoms with Gasteiger partial charge in [-0.1, -0.05) is 19.6 Å². The first-order valence-electron chi connectivity index (χ1n) is 11.5. The lowest BCUT2D eigenvalue weighted by atomic mass is 10.1. The predicted molar refractivity (Wildman–Crippen MR) is 129 cm³/mol. The van der Waals surface area contributed by atoms with Crippen LogP contribution in [-0.2, 0) is 33.4 Å². The fourth-order valence-corrected chi connectivity index (χ4v) is 3.22. The van der Waals surface area contributed by atoms with Crippen molar-refractivity contribution in [2.24, 2.45) is 5.73 Å². The standard InChI is InChI=1S/C23H44N2O7Si/c1-22(2,3)31-19(27)12-10-16(24)20(28)25-17(21(29)32-23(4,5)6)11-13-18(26)30-14-15-33(7,8)9/h16-17H,10-15,24H2,1-9H3,(H,25,28). The largest absolute Gasteiger partial charge is 0.466 e. The first-order valence-corrected chi connectivity index (χ1v) is 15.2. The summed E-state index contributed by atoms with van der Waals surface area (Å²) in [7, 11) is -1.33. The van der Waals surface area contributed by atoms with Crippen molar-refractivity contribution < 1.29 is 33.4 Å². The van der Waals surface area contributed by atoms with E-state index in [0.29, 0.717) is 6.61 Å². The SMILES string of the molecule is CC(C)(C)OC(=O)CCC(N)C(=O)NC(CCC(=O)OCC[Si](C)(C)C)C(=O)OC(C)(C)C. The quantitative estimate of drug-likeness (QED) is 0.243. The Bertz CT molecular complexity index is 676. The summed E-state index contributed by atoms with van der Waals surface area (Å²) < 4.78 is 15.8. The summed E-state index contributed by atoms with van der Waals surface area (Å²) >= 11 is 0. The third-order valence-electron chi connectivity index (χ3n) is 4.18. The fourth-order valence-electron chi connectivity index (χ4n) is 2.50. The highest BCUT2D eigenvalue weighted by molar-refractivity contribution is 6.76. The number of hydrogen-bond acceptors (Lipinski definition) is 8. The second kappa shape index (κ2) is 13.1. The first kappa shape index (κ1) is 31.1. The molecule has 0 aromatic carbocycles. The second-order valence-corrected chi connectivity index (χ2v) is 17.0. The molecular weight excluding hydrogens is 444 g/mol. The van der Waals surface area contributed by atoms with Gasteiger partial charge in [-0.3, -0.25) is 14.4 Å². The van der Waals surface area contributed by atoms with E-state index in [0.717, 1.165) is 6.04 Å². The van der Waals surface area contributed by atoms with Crippen LogP contribution in [0.3, 0.4) is 0 Å². The van der Waals surface area contributed by atoms with Crippen molar-refractivity contribution in [3.05, 3.63) is 0 Å². The van der Waals surface area contributed by atoms with Gasteiger partial charge in [0.25, 0.3) is 0 Å². The van der Waals surface area contributed by atoms with E-state index in [1.165, 1.54) is 0 Å². The Morgan fingerprint density at radius 2 is 1.36 bits per heavy atom. The molecule has 9 nitrogen and oxygen atoms in total. The van der Waals surface area contributed by atoms with E-state index in [1.54, 1.807) is 41.5 Å². The van der Waals surface area contributed by atoms with Gasteiger partial charge in [-0.25, -0.2) is 4.79 Å². The Kier molecular flexibility index (Phi) is 12.3. The highest BCUT2D eigenvalue weighted by Gasteiger charge is 2.29. The summed E-state index contributed by atoms with van der Waals surface area (Å²) in [6, 6.07) is -1.24. The van der Waals surface area contributed by atoms with Crippen molar-refractivity contribution in [2.75, 3.05) is 6.61 Å². The van der Waals surface area contributed by atoms with Crippen LogP contribution in [0.5, 0.6) is 0 Å². The predicted octanol–water partition coefficient (Wildman–Crippen LogP) is 2.92. The third kappa shape index (κ3) is 17.2. The molecule has 0 aliphatic heterocycles. The topological polar surface area (TPSA) is 134 Å². The molecule has 10 heteroatoms. The number of carbonyl (C=O) groups excluding carboxylic acids is 4. The van der Waals surface area contributed by atoms with Gasteiger partial charge in [-0.15, -0.1) is 0 Å². The second-order valence-electron chi connectivity index (χ2n) is 11.4. The van der Waals surface area contributed by atoms with Crippen molar-refractivity contribution in [1.82, 2.24) is 5.32 Å². The minimum absolute atomic E-state index is 0.0191. The molecule has 0 aliphatic carbocycles. The average Bonchev–Trinajstić information content (AvgIpc) is 2.58. The molecule has 0 fully saturated rings. The van der Waals surface area contributed by atoms with Crippen LogP contribution in [0.25, 0.3) is 0 Å². The smallest absolute Gasteiger partial charge is 0.329 e. The van der Waals surface area contributed by atoms with Gasteiger partial charge in [-0.2, -0.15) is 0 Å². The highest BCUT2D eigenvalue weighted by Crippen LogP contribution is 2.13. The van der Waals surface area contributed by atoms with Gasteiger partial charge in [0.15, 0.2) is 0 Å². The molecule has 0 heterocycles. The van der Waals surface area contributed by atoms with Crippen molar-refractivity contribution in [3.8, 4) is 0 Å². The summed E-state index contributed by atoms with van der Waals surface area (Å²) in [5.41, 5.74) is 4.51. The van der Waals surface area contributed by atoms with Crippen LogP contribution in [0.15, 0.2) is 0 Å². The van der Waals surface area contributed by atoms with E-state index < -0.39 is 55.2 Å². The maximum Gasteiger partial charge on any atom is 0.329 e. The number of carbonyl (C=O) groups is 4. The van der Waals surface area contributed by atoms with Gasteiger partial charge in [-0.05, 0) is 60.4 Å². The lowest BCUT2D eigenvalue weighted by molar-refractivity contribution is -0.159. The van der Waals surface area contributed by atoms with Crippen LogP contribution in [0.1, 0.15) is 67.2 Å². The van der Waals surface area contributed by atoms with E-state index in [1.807, 2.05) is 0 Å². The molecule has 33 heavy (non-hydrogen) atoms. The zero-order chi connectivity index (χ0) is 26.0. The Morgan fingerprint density at radius 1 is 0.848 bits per heavy atom. The molecule has 0 saturated carbocycles. The Balaban J connectivity index is 4.92. The molecule has 0 saturated heterocycles. The minimum atomic E-state index is -1.33. The average molecular weight is 489 g/mol. The number of nitrogens with two attached hydrogens (primary N) is 1. The number of esters is 3. The van der Waals surface area contributed by atoms with Crippen molar-refractivity contribution in [2.45, 2.75) is 116 Å². The molecule has 2 atom stereocenters. The maximum atomic E-state index is 12.6. The maximum absolute atomic E-state index is 12.6. The van der Waals surface area contributed by atoms with E-state index in [4.69, 9.17) is 19.9 Å². The van der Waals surface area contributed by atoms with Crippen LogP contribution in [0, 0.1) is 0 Å². The molecule has 192 valence electrons. The summed E-state index contributed by atoms with van der Waals surface area (Å²) in [6.07, 6.45) is -0.0127. The van der Waals surface area contributed by atoms with Gasteiger partial charge in [0.2, 0.25) is 5.91 Å². The molecule has 1 amide bonds. The van der Waals surface area contributed by atoms with Crippen LogP contribution in [0.2, 0.25) is 25.7 Å². The molecule has 0 aromatic heterocycles. The normalized spacial score (nSPS) is 14.1. The van der Waals surface area contributed by atoms with Crippen molar-refractivity contribution >= 4 is 31.9 Å². The van der Waals surface area contributed by atoms with Gasteiger partial charge in [0, 0.05) is 20.9 Å². The van der Waals surface area contributed by atoms with E-state index in [-0.39, 0.29) is 25.7 Å². The zero-order valence-corrected chi connectivity index (χ0v) is 22.8. The van der Waals surface area contributed by atoms with Crippen LogP contribution in [-0.4, -0.2) is 61.8 Å². The first-order chi connectivity index (χ1) is 14.8. The summed E-state index contributed by atoms with van der Waals surface area (Å²) in [6.45, 7) is 17.3. The molecule has 0 aliphatic rings. The van der Waals surface area contributed by atoms with Crippen molar-refractivity contribution in [1.29, 1.82) is 0 Å². The molecule has 2 unspecified atom stereocenters. The fraction of sp³-hybridized carbons (Fsp3) is 0.826. The number of amides is 1. The lowest BCUT2D eigenvalue weighted by Gasteiger charge is -2.25. The van der Waals surface area contributed by atoms with E-state index in [2.05, 4.69) is 25.0 Å². The van der Waals surface area contributed by atoms with Gasteiger partial charge in [0.05, 0.1) is 12.6 Å². The van der Waals surface area contributed by atoms with Crippen LogP contribution < -0.4 is 11.1 Å². The van der Waals surface area contributed by atoms with Gasteiger partial charge < -0.3 is 25.3 Å². The van der Waals surface area contributed by atoms with Crippen LogP contribution >= 0.6 is 0 Å². The number of nitrogens with one attached hydrogen (secondary N) is 1. The molecule has 0 aromatic rings. The number of hydrogen-bond donors (Lipinski definition) is 2. The minimum Gasteiger partial charge on any atom is -0.466 e. The summed E-state index contributed by atoms with van der Waals surface area (Å²) in [5.74, 6) is -2.17. The Hall–Kier alpha value is -1.94. The third-order valence-corrected chi connectivity index (χ3v) is 5.88. The zero-order valence-electron chi connectivity index (χ0n) is 21.8. The Morgan fingerprint density at radius 3 is 1.85 bits per heavy atom. The molecule has 0 spiro atoms. The molecular formula is C23H44N2O7Si. The lowest BCUT2D eigenvalue weighted by Crippen LogP contribution is -2.50. The van der Waals surface area contributed by atoms with Crippen molar-refractivity contribution in [3.63, 3.8) is 0 Å². The number of ether oxygens (including phenoxy) is 3.